The molecule has 4 heterocycles. The predicted octanol–water partition coefficient (Wildman–Crippen LogP) is 2.56. The van der Waals surface area contributed by atoms with Crippen molar-refractivity contribution < 1.29 is 4.39 Å². The Hall–Kier alpha value is -3.87. The van der Waals surface area contributed by atoms with Crippen molar-refractivity contribution >= 4 is 16.7 Å². The molecule has 0 saturated heterocycles. The number of alkyl halides is 1. The summed E-state index contributed by atoms with van der Waals surface area (Å²) < 4.78 is 15.9. The Morgan fingerprint density at radius 1 is 1.21 bits per heavy atom. The van der Waals surface area contributed by atoms with Crippen LogP contribution in [0, 0.1) is 11.3 Å². The van der Waals surface area contributed by atoms with E-state index in [0.29, 0.717) is 22.7 Å². The van der Waals surface area contributed by atoms with E-state index in [1.54, 1.807) is 23.1 Å². The number of nitrogens with zero attached hydrogens (tertiary/aromatic N) is 8. The monoisotopic (exact) mass is 377 g/mol. The van der Waals surface area contributed by atoms with Crippen LogP contribution in [0.2, 0.25) is 0 Å². The Labute approximate surface area is 159 Å². The summed E-state index contributed by atoms with van der Waals surface area (Å²) in [6.07, 6.45) is 6.28. The molecule has 0 radical (unpaired) electrons. The Kier molecular flexibility index (Phi) is 4.41. The van der Waals surface area contributed by atoms with Crippen LogP contribution in [0.15, 0.2) is 36.9 Å². The molecule has 4 aromatic rings. The molecule has 0 aliphatic rings. The third-order valence-corrected chi connectivity index (χ3v) is 3.99. The van der Waals surface area contributed by atoms with Gasteiger partial charge in [0.25, 0.3) is 0 Å². The summed E-state index contributed by atoms with van der Waals surface area (Å²) in [5.74, 6) is 0.546. The van der Waals surface area contributed by atoms with Crippen LogP contribution in [0.3, 0.4) is 0 Å². The quantitative estimate of drug-likeness (QED) is 0.569. The molecule has 28 heavy (non-hydrogen) atoms. The maximum atomic E-state index is 12.8. The molecule has 0 aromatic carbocycles. The summed E-state index contributed by atoms with van der Waals surface area (Å²) in [6.45, 7) is 3.33. The fourth-order valence-electron chi connectivity index (χ4n) is 2.79. The molecule has 140 valence electrons. The molecular formula is C18H16FN9. The lowest BCUT2D eigenvalue weighted by molar-refractivity contribution is 0.475. The number of anilines is 1. The lowest BCUT2D eigenvalue weighted by atomic mass is 10.2. The van der Waals surface area contributed by atoms with Crippen LogP contribution < -0.4 is 5.32 Å². The van der Waals surface area contributed by atoms with Gasteiger partial charge < -0.3 is 5.32 Å². The van der Waals surface area contributed by atoms with Crippen molar-refractivity contribution in [1.82, 2.24) is 34.7 Å². The minimum atomic E-state index is -0.686. The SMILES string of the molecule is CC(C)Nc1cc(-n2ncc3cc(C#N)cnc32)ncc1-n1cc(CF)nn1. The molecule has 1 N–H and O–H groups in total. The predicted molar refractivity (Wildman–Crippen MR) is 99.9 cm³/mol. The number of halogens is 1. The van der Waals surface area contributed by atoms with E-state index < -0.39 is 6.67 Å². The molecule has 0 fully saturated rings. The van der Waals surface area contributed by atoms with Crippen molar-refractivity contribution in [2.24, 2.45) is 0 Å². The van der Waals surface area contributed by atoms with E-state index in [4.69, 9.17) is 5.26 Å². The van der Waals surface area contributed by atoms with Gasteiger partial charge in [0.15, 0.2) is 11.5 Å². The topological polar surface area (TPSA) is 110 Å². The Bertz CT molecular complexity index is 1190. The largest absolute Gasteiger partial charge is 0.381 e. The van der Waals surface area contributed by atoms with Gasteiger partial charge in [-0.15, -0.1) is 5.10 Å². The molecule has 0 aliphatic heterocycles. The van der Waals surface area contributed by atoms with Gasteiger partial charge in [0.2, 0.25) is 0 Å². The van der Waals surface area contributed by atoms with Crippen LogP contribution in [0.25, 0.3) is 22.5 Å². The minimum Gasteiger partial charge on any atom is -0.381 e. The van der Waals surface area contributed by atoms with Crippen molar-refractivity contribution in [1.29, 1.82) is 5.26 Å². The number of nitrogens with one attached hydrogen (secondary N) is 1. The molecule has 0 spiro atoms. The molecular weight excluding hydrogens is 361 g/mol. The molecule has 0 unspecified atom stereocenters. The number of aromatic nitrogens is 7. The smallest absolute Gasteiger partial charge is 0.164 e. The van der Waals surface area contributed by atoms with Crippen LogP contribution in [0.1, 0.15) is 25.1 Å². The van der Waals surface area contributed by atoms with E-state index in [1.165, 1.54) is 17.1 Å². The Morgan fingerprint density at radius 3 is 2.79 bits per heavy atom. The lowest BCUT2D eigenvalue weighted by Gasteiger charge is -2.15. The van der Waals surface area contributed by atoms with Gasteiger partial charge in [0, 0.05) is 23.7 Å². The van der Waals surface area contributed by atoms with Crippen LogP contribution >= 0.6 is 0 Å². The maximum Gasteiger partial charge on any atom is 0.164 e. The van der Waals surface area contributed by atoms with Crippen LogP contribution in [-0.4, -0.2) is 40.8 Å². The second-order valence-electron chi connectivity index (χ2n) is 6.45. The summed E-state index contributed by atoms with van der Waals surface area (Å²) in [6, 6.07) is 5.75. The van der Waals surface area contributed by atoms with Crippen molar-refractivity contribution in [2.45, 2.75) is 26.6 Å². The standard InChI is InChI=1S/C18H16FN9/c1-11(2)24-15-4-17(21-9-16(15)27-10-14(5-19)25-26-27)28-18-13(8-23-28)3-12(6-20)7-22-18/h3-4,7-11H,5H2,1-2H3,(H,21,24). The zero-order valence-electron chi connectivity index (χ0n) is 15.2. The fraction of sp³-hybridized carbons (Fsp3) is 0.222. The third kappa shape index (κ3) is 3.14. The molecule has 0 atom stereocenters. The van der Waals surface area contributed by atoms with E-state index in [0.717, 1.165) is 11.1 Å². The average Bonchev–Trinajstić information content (AvgIpc) is 3.33. The average molecular weight is 377 g/mol. The van der Waals surface area contributed by atoms with Gasteiger partial charge >= 0.3 is 0 Å². The van der Waals surface area contributed by atoms with Gasteiger partial charge in [-0.3, -0.25) is 0 Å². The Morgan fingerprint density at radius 2 is 2.07 bits per heavy atom. The Balaban J connectivity index is 1.82. The summed E-state index contributed by atoms with van der Waals surface area (Å²) in [5.41, 5.74) is 2.69. The number of hydrogen-bond donors (Lipinski definition) is 1. The van der Waals surface area contributed by atoms with Gasteiger partial charge in [0.05, 0.1) is 29.8 Å². The second kappa shape index (κ2) is 7.03. The summed E-state index contributed by atoms with van der Waals surface area (Å²) in [4.78, 5) is 8.79. The molecule has 0 aliphatic carbocycles. The first kappa shape index (κ1) is 17.5. The van der Waals surface area contributed by atoms with Crippen LogP contribution in [0.5, 0.6) is 0 Å². The van der Waals surface area contributed by atoms with E-state index in [2.05, 4.69) is 36.8 Å². The summed E-state index contributed by atoms with van der Waals surface area (Å²) >= 11 is 0. The highest BCUT2D eigenvalue weighted by atomic mass is 19.1. The van der Waals surface area contributed by atoms with E-state index in [1.807, 2.05) is 19.9 Å². The van der Waals surface area contributed by atoms with E-state index in [-0.39, 0.29) is 11.7 Å². The molecule has 0 bridgehead atoms. The normalized spacial score (nSPS) is 11.1. The number of nitriles is 1. The van der Waals surface area contributed by atoms with Gasteiger partial charge in [-0.2, -0.15) is 15.0 Å². The van der Waals surface area contributed by atoms with Crippen LogP contribution in [0.4, 0.5) is 10.1 Å². The zero-order valence-corrected chi connectivity index (χ0v) is 15.2. The summed E-state index contributed by atoms with van der Waals surface area (Å²) in [7, 11) is 0. The summed E-state index contributed by atoms with van der Waals surface area (Å²) in [5, 5.41) is 25.2. The van der Waals surface area contributed by atoms with Crippen molar-refractivity contribution in [3.63, 3.8) is 0 Å². The second-order valence-corrected chi connectivity index (χ2v) is 6.45. The third-order valence-electron chi connectivity index (χ3n) is 3.99. The first-order chi connectivity index (χ1) is 13.6. The van der Waals surface area contributed by atoms with Gasteiger partial charge in [-0.05, 0) is 19.9 Å². The highest BCUT2D eigenvalue weighted by Crippen LogP contribution is 2.24. The molecule has 4 aromatic heterocycles. The highest BCUT2D eigenvalue weighted by molar-refractivity contribution is 5.77. The molecule has 0 amide bonds. The lowest BCUT2D eigenvalue weighted by Crippen LogP contribution is -2.14. The first-order valence-electron chi connectivity index (χ1n) is 8.57. The van der Waals surface area contributed by atoms with Gasteiger partial charge in [-0.25, -0.2) is 19.0 Å². The van der Waals surface area contributed by atoms with Crippen LogP contribution in [-0.2, 0) is 6.67 Å². The van der Waals surface area contributed by atoms with Crippen molar-refractivity contribution in [2.75, 3.05) is 5.32 Å². The minimum absolute atomic E-state index is 0.142. The van der Waals surface area contributed by atoms with E-state index in [9.17, 15) is 4.39 Å². The number of hydrogen-bond acceptors (Lipinski definition) is 7. The van der Waals surface area contributed by atoms with Gasteiger partial charge in [-0.1, -0.05) is 5.21 Å². The van der Waals surface area contributed by atoms with Crippen molar-refractivity contribution in [3.05, 3.63) is 48.2 Å². The number of fused-ring (bicyclic) bond motifs is 1. The maximum absolute atomic E-state index is 12.8. The molecule has 9 nitrogen and oxygen atoms in total. The zero-order chi connectivity index (χ0) is 19.7. The van der Waals surface area contributed by atoms with Crippen molar-refractivity contribution in [3.8, 4) is 17.6 Å². The van der Waals surface area contributed by atoms with Gasteiger partial charge in [0.1, 0.15) is 24.1 Å². The molecule has 10 heteroatoms. The van der Waals surface area contributed by atoms with E-state index >= 15 is 0 Å². The molecule has 4 rings (SSSR count). The first-order valence-corrected chi connectivity index (χ1v) is 8.57. The fourth-order valence-corrected chi connectivity index (χ4v) is 2.79. The number of pyridine rings is 2. The molecule has 0 saturated carbocycles. The highest BCUT2D eigenvalue weighted by Gasteiger charge is 2.14. The number of rotatable bonds is 5.